The summed E-state index contributed by atoms with van der Waals surface area (Å²) >= 11 is 6.01. The summed E-state index contributed by atoms with van der Waals surface area (Å²) < 4.78 is 19.6. The third-order valence-corrected chi connectivity index (χ3v) is 6.25. The molecule has 0 unspecified atom stereocenters. The van der Waals surface area contributed by atoms with E-state index >= 15 is 0 Å². The van der Waals surface area contributed by atoms with Gasteiger partial charge in [-0.25, -0.2) is 4.39 Å². The molecule has 6 nitrogen and oxygen atoms in total. The van der Waals surface area contributed by atoms with Crippen molar-refractivity contribution in [2.75, 3.05) is 26.2 Å². The van der Waals surface area contributed by atoms with Gasteiger partial charge in [-0.15, -0.1) is 0 Å². The predicted octanol–water partition coefficient (Wildman–Crippen LogP) is 4.29. The minimum atomic E-state index is -0.511. The number of rotatable bonds is 7. The molecule has 4 rings (SSSR count). The molecule has 1 amide bonds. The Morgan fingerprint density at radius 1 is 1.21 bits per heavy atom. The monoisotopic (exact) mass is 471 g/mol. The minimum absolute atomic E-state index is 0.168. The summed E-state index contributed by atoms with van der Waals surface area (Å²) in [7, 11) is 0. The van der Waals surface area contributed by atoms with Crippen molar-refractivity contribution < 1.29 is 13.9 Å². The maximum absolute atomic E-state index is 13.5. The zero-order chi connectivity index (χ0) is 23.4. The number of aryl methyl sites for hydroxylation is 1. The molecule has 2 aromatic carbocycles. The second-order valence-electron chi connectivity index (χ2n) is 8.40. The molecule has 0 bridgehead atoms. The van der Waals surface area contributed by atoms with E-state index in [1.807, 2.05) is 25.1 Å². The van der Waals surface area contributed by atoms with Crippen LogP contribution in [0.1, 0.15) is 35.2 Å². The number of halogens is 2. The molecule has 0 spiro atoms. The number of piperidine rings is 1. The SMILES string of the molecule is Cc1cc(Cl)ccc1OC1CCN(CCCNC(=O)c2c[nH]c(=O)c3cc(F)ccc23)CC1. The first-order chi connectivity index (χ1) is 15.9. The number of fused-ring (bicyclic) bond motifs is 1. The van der Waals surface area contributed by atoms with Crippen molar-refractivity contribution in [3.63, 3.8) is 0 Å². The van der Waals surface area contributed by atoms with Crippen LogP contribution in [0.3, 0.4) is 0 Å². The van der Waals surface area contributed by atoms with E-state index in [2.05, 4.69) is 15.2 Å². The van der Waals surface area contributed by atoms with Crippen LogP contribution in [-0.2, 0) is 0 Å². The summed E-state index contributed by atoms with van der Waals surface area (Å²) in [5.74, 6) is 0.0920. The highest BCUT2D eigenvalue weighted by molar-refractivity contribution is 6.30. The van der Waals surface area contributed by atoms with Crippen molar-refractivity contribution in [1.29, 1.82) is 0 Å². The number of H-pyrrole nitrogens is 1. The third kappa shape index (κ3) is 5.72. The number of likely N-dealkylation sites (tertiary alicyclic amines) is 1. The van der Waals surface area contributed by atoms with Crippen molar-refractivity contribution in [3.05, 3.63) is 74.9 Å². The number of aromatic nitrogens is 1. The smallest absolute Gasteiger partial charge is 0.255 e. The van der Waals surface area contributed by atoms with Gasteiger partial charge in [0.25, 0.3) is 11.5 Å². The average Bonchev–Trinajstić information content (AvgIpc) is 2.80. The first kappa shape index (κ1) is 23.3. The number of aromatic amines is 1. The van der Waals surface area contributed by atoms with Crippen LogP contribution in [0, 0.1) is 12.7 Å². The lowest BCUT2D eigenvalue weighted by Crippen LogP contribution is -2.39. The zero-order valence-corrected chi connectivity index (χ0v) is 19.3. The summed E-state index contributed by atoms with van der Waals surface area (Å²) in [6.07, 6.45) is 4.29. The summed E-state index contributed by atoms with van der Waals surface area (Å²) in [5.41, 5.74) is 0.959. The average molecular weight is 472 g/mol. The first-order valence-electron chi connectivity index (χ1n) is 11.1. The second kappa shape index (κ2) is 10.4. The van der Waals surface area contributed by atoms with Gasteiger partial charge in [0.05, 0.1) is 10.9 Å². The van der Waals surface area contributed by atoms with Crippen molar-refractivity contribution >= 4 is 28.3 Å². The highest BCUT2D eigenvalue weighted by atomic mass is 35.5. The number of nitrogens with zero attached hydrogens (tertiary/aromatic N) is 1. The lowest BCUT2D eigenvalue weighted by atomic mass is 10.1. The van der Waals surface area contributed by atoms with Gasteiger partial charge in [-0.05, 0) is 68.6 Å². The van der Waals surface area contributed by atoms with E-state index in [1.54, 1.807) is 0 Å². The number of carbonyl (C=O) groups excluding carboxylic acids is 1. The molecule has 8 heteroatoms. The van der Waals surface area contributed by atoms with E-state index in [1.165, 1.54) is 18.3 Å². The van der Waals surface area contributed by atoms with Crippen LogP contribution in [0.25, 0.3) is 10.8 Å². The maximum Gasteiger partial charge on any atom is 0.255 e. The first-order valence-corrected chi connectivity index (χ1v) is 11.5. The van der Waals surface area contributed by atoms with Crippen LogP contribution in [-0.4, -0.2) is 48.1 Å². The fourth-order valence-corrected chi connectivity index (χ4v) is 4.42. The molecule has 2 N–H and O–H groups in total. The largest absolute Gasteiger partial charge is 0.490 e. The number of ether oxygens (including phenoxy) is 1. The van der Waals surface area contributed by atoms with Gasteiger partial charge >= 0.3 is 0 Å². The topological polar surface area (TPSA) is 74.4 Å². The molecule has 0 radical (unpaired) electrons. The third-order valence-electron chi connectivity index (χ3n) is 6.01. The van der Waals surface area contributed by atoms with E-state index in [-0.39, 0.29) is 17.4 Å². The van der Waals surface area contributed by atoms with Gasteiger partial charge in [0.2, 0.25) is 0 Å². The Labute approximate surface area is 196 Å². The fraction of sp³-hybridized carbons (Fsp3) is 0.360. The molecular formula is C25H27ClFN3O3. The lowest BCUT2D eigenvalue weighted by Gasteiger charge is -2.32. The number of amides is 1. The minimum Gasteiger partial charge on any atom is -0.490 e. The molecule has 174 valence electrons. The molecule has 3 aromatic rings. The Bertz CT molecular complexity index is 1210. The Kier molecular flexibility index (Phi) is 7.30. The van der Waals surface area contributed by atoms with Crippen LogP contribution < -0.4 is 15.6 Å². The molecule has 0 aliphatic carbocycles. The molecule has 0 saturated carbocycles. The number of nitrogens with one attached hydrogen (secondary N) is 2. The van der Waals surface area contributed by atoms with Gasteiger partial charge < -0.3 is 19.9 Å². The second-order valence-corrected chi connectivity index (χ2v) is 8.84. The maximum atomic E-state index is 13.5. The number of pyridine rings is 1. The van der Waals surface area contributed by atoms with Gasteiger partial charge in [-0.2, -0.15) is 0 Å². The highest BCUT2D eigenvalue weighted by Crippen LogP contribution is 2.25. The Morgan fingerprint density at radius 3 is 2.76 bits per heavy atom. The van der Waals surface area contributed by atoms with E-state index in [0.29, 0.717) is 22.5 Å². The highest BCUT2D eigenvalue weighted by Gasteiger charge is 2.21. The normalized spacial score (nSPS) is 15.0. The van der Waals surface area contributed by atoms with E-state index in [9.17, 15) is 14.0 Å². The summed E-state index contributed by atoms with van der Waals surface area (Å²) in [5, 5.41) is 4.22. The van der Waals surface area contributed by atoms with Gasteiger partial charge in [0, 0.05) is 36.2 Å². The van der Waals surface area contributed by atoms with Crippen molar-refractivity contribution in [2.45, 2.75) is 32.3 Å². The fourth-order valence-electron chi connectivity index (χ4n) is 4.20. The van der Waals surface area contributed by atoms with Crippen molar-refractivity contribution in [2.24, 2.45) is 0 Å². The summed E-state index contributed by atoms with van der Waals surface area (Å²) in [4.78, 5) is 29.4. The Balaban J connectivity index is 1.22. The van der Waals surface area contributed by atoms with Crippen molar-refractivity contribution in [1.82, 2.24) is 15.2 Å². The van der Waals surface area contributed by atoms with Crippen LogP contribution in [0.2, 0.25) is 5.02 Å². The van der Waals surface area contributed by atoms with E-state index in [4.69, 9.17) is 16.3 Å². The molecule has 1 aliphatic rings. The molecule has 1 fully saturated rings. The lowest BCUT2D eigenvalue weighted by molar-refractivity contribution is 0.0935. The molecule has 1 saturated heterocycles. The van der Waals surface area contributed by atoms with Crippen LogP contribution in [0.4, 0.5) is 4.39 Å². The Hall–Kier alpha value is -2.90. The Morgan fingerprint density at radius 2 is 2.00 bits per heavy atom. The number of hydrogen-bond acceptors (Lipinski definition) is 4. The summed E-state index contributed by atoms with van der Waals surface area (Å²) in [6.45, 7) is 5.28. The van der Waals surface area contributed by atoms with Gasteiger partial charge in [0.1, 0.15) is 17.7 Å². The predicted molar refractivity (Wildman–Crippen MR) is 128 cm³/mol. The number of hydrogen-bond donors (Lipinski definition) is 2. The quantitative estimate of drug-likeness (QED) is 0.504. The molecule has 33 heavy (non-hydrogen) atoms. The standard InChI is InChI=1S/C25H27ClFN3O3/c1-16-13-17(26)3-6-23(16)33-19-7-11-30(12-8-19)10-2-9-28-25(32)22-15-29-24(31)21-14-18(27)4-5-20(21)22/h3-6,13-15,19H,2,7-12H2,1H3,(H,28,32)(H,29,31). The summed E-state index contributed by atoms with van der Waals surface area (Å²) in [6, 6.07) is 9.55. The van der Waals surface area contributed by atoms with Gasteiger partial charge in [-0.3, -0.25) is 9.59 Å². The molecule has 2 heterocycles. The number of benzene rings is 2. The number of carbonyl (C=O) groups is 1. The van der Waals surface area contributed by atoms with Crippen LogP contribution in [0.15, 0.2) is 47.4 Å². The van der Waals surface area contributed by atoms with Crippen LogP contribution >= 0.6 is 11.6 Å². The molecule has 1 aliphatic heterocycles. The molecule has 0 atom stereocenters. The van der Waals surface area contributed by atoms with Crippen LogP contribution in [0.5, 0.6) is 5.75 Å². The zero-order valence-electron chi connectivity index (χ0n) is 18.5. The van der Waals surface area contributed by atoms with Crippen molar-refractivity contribution in [3.8, 4) is 5.75 Å². The van der Waals surface area contributed by atoms with E-state index in [0.717, 1.165) is 56.3 Å². The van der Waals surface area contributed by atoms with E-state index < -0.39 is 11.4 Å². The van der Waals surface area contributed by atoms with Gasteiger partial charge in [0.15, 0.2) is 0 Å². The molecular weight excluding hydrogens is 445 g/mol. The molecule has 1 aromatic heterocycles. The van der Waals surface area contributed by atoms with Gasteiger partial charge in [-0.1, -0.05) is 17.7 Å².